The average molecular weight is 247 g/mol. The van der Waals surface area contributed by atoms with Crippen molar-refractivity contribution >= 4 is 0 Å². The van der Waals surface area contributed by atoms with Gasteiger partial charge in [-0.05, 0) is 35.9 Å². The molecule has 0 spiro atoms. The van der Waals surface area contributed by atoms with Crippen LogP contribution in [0.5, 0.6) is 0 Å². The molecule has 102 valence electrons. The first-order chi connectivity index (χ1) is 8.60. The quantitative estimate of drug-likeness (QED) is 0.723. The van der Waals surface area contributed by atoms with Gasteiger partial charge in [-0.3, -0.25) is 0 Å². The fourth-order valence-corrected chi connectivity index (χ4v) is 2.58. The lowest BCUT2D eigenvalue weighted by Crippen LogP contribution is -2.26. The van der Waals surface area contributed by atoms with Crippen LogP contribution in [-0.4, -0.2) is 6.54 Å². The largest absolute Gasteiger partial charge is 0.310 e. The molecular formula is C17H29N. The third-order valence-corrected chi connectivity index (χ3v) is 3.70. The molecule has 0 bridgehead atoms. The topological polar surface area (TPSA) is 12.0 Å². The minimum absolute atomic E-state index is 0.496. The van der Waals surface area contributed by atoms with Crippen molar-refractivity contribution in [3.63, 3.8) is 0 Å². The summed E-state index contributed by atoms with van der Waals surface area (Å²) in [6, 6.07) is 9.66. The lowest BCUT2D eigenvalue weighted by atomic mass is 9.89. The summed E-state index contributed by atoms with van der Waals surface area (Å²) in [4.78, 5) is 0. The standard InChI is InChI=1S/C17H29N/c1-6-8-14(5)17(18-7-2)16-11-9-15(10-12-16)13(3)4/h9-14,17-18H,6-8H2,1-5H3. The molecule has 1 aromatic rings. The van der Waals surface area contributed by atoms with Crippen molar-refractivity contribution in [1.29, 1.82) is 0 Å². The van der Waals surface area contributed by atoms with Gasteiger partial charge in [-0.25, -0.2) is 0 Å². The van der Waals surface area contributed by atoms with Crippen molar-refractivity contribution in [2.45, 2.75) is 59.4 Å². The van der Waals surface area contributed by atoms with E-state index < -0.39 is 0 Å². The van der Waals surface area contributed by atoms with Gasteiger partial charge in [0.2, 0.25) is 0 Å². The Labute approximate surface area is 113 Å². The zero-order valence-corrected chi connectivity index (χ0v) is 12.7. The van der Waals surface area contributed by atoms with E-state index in [0.29, 0.717) is 17.9 Å². The molecule has 0 fully saturated rings. The maximum Gasteiger partial charge on any atom is 0.0345 e. The summed E-state index contributed by atoms with van der Waals surface area (Å²) in [7, 11) is 0. The highest BCUT2D eigenvalue weighted by Crippen LogP contribution is 2.26. The highest BCUT2D eigenvalue weighted by molar-refractivity contribution is 5.27. The van der Waals surface area contributed by atoms with Crippen molar-refractivity contribution in [3.8, 4) is 0 Å². The Kier molecular flexibility index (Phi) is 6.42. The average Bonchev–Trinajstić information content (AvgIpc) is 2.36. The van der Waals surface area contributed by atoms with Crippen LogP contribution < -0.4 is 5.32 Å². The van der Waals surface area contributed by atoms with Crippen molar-refractivity contribution in [1.82, 2.24) is 5.32 Å². The van der Waals surface area contributed by atoms with Gasteiger partial charge < -0.3 is 5.32 Å². The van der Waals surface area contributed by atoms with Gasteiger partial charge in [0.25, 0.3) is 0 Å². The van der Waals surface area contributed by atoms with Crippen LogP contribution in [0.25, 0.3) is 0 Å². The van der Waals surface area contributed by atoms with Crippen LogP contribution in [0.4, 0.5) is 0 Å². The Balaban J connectivity index is 2.84. The van der Waals surface area contributed by atoms with Crippen molar-refractivity contribution in [2.24, 2.45) is 5.92 Å². The molecule has 2 atom stereocenters. The van der Waals surface area contributed by atoms with Gasteiger partial charge in [0.1, 0.15) is 0 Å². The third kappa shape index (κ3) is 4.13. The number of rotatable bonds is 7. The zero-order valence-electron chi connectivity index (χ0n) is 12.7. The molecule has 2 unspecified atom stereocenters. The van der Waals surface area contributed by atoms with Gasteiger partial charge in [0.05, 0.1) is 0 Å². The highest BCUT2D eigenvalue weighted by atomic mass is 14.9. The van der Waals surface area contributed by atoms with E-state index in [1.807, 2.05) is 0 Å². The van der Waals surface area contributed by atoms with E-state index in [2.05, 4.69) is 64.2 Å². The maximum atomic E-state index is 3.63. The molecule has 1 N–H and O–H groups in total. The number of benzene rings is 1. The first-order valence-electron chi connectivity index (χ1n) is 7.43. The minimum atomic E-state index is 0.496. The van der Waals surface area contributed by atoms with Crippen LogP contribution in [0.2, 0.25) is 0 Å². The molecule has 0 amide bonds. The predicted molar refractivity (Wildman–Crippen MR) is 81.0 cm³/mol. The second-order valence-electron chi connectivity index (χ2n) is 5.62. The molecule has 1 heteroatoms. The summed E-state index contributed by atoms with van der Waals surface area (Å²) in [6.45, 7) is 12.3. The van der Waals surface area contributed by atoms with E-state index in [1.54, 1.807) is 0 Å². The smallest absolute Gasteiger partial charge is 0.0345 e. The first kappa shape index (κ1) is 15.2. The van der Waals surface area contributed by atoms with Crippen LogP contribution in [0.15, 0.2) is 24.3 Å². The van der Waals surface area contributed by atoms with Gasteiger partial charge in [-0.15, -0.1) is 0 Å². The van der Waals surface area contributed by atoms with Crippen LogP contribution in [0.3, 0.4) is 0 Å². The molecule has 0 aliphatic heterocycles. The minimum Gasteiger partial charge on any atom is -0.310 e. The Bertz CT molecular complexity index is 326. The van der Waals surface area contributed by atoms with E-state index in [9.17, 15) is 0 Å². The maximum absolute atomic E-state index is 3.63. The molecule has 0 aromatic heterocycles. The van der Waals surface area contributed by atoms with Crippen molar-refractivity contribution < 1.29 is 0 Å². The van der Waals surface area contributed by atoms with E-state index in [0.717, 1.165) is 6.54 Å². The summed E-state index contributed by atoms with van der Waals surface area (Å²) < 4.78 is 0. The Hall–Kier alpha value is -0.820. The molecule has 0 radical (unpaired) electrons. The van der Waals surface area contributed by atoms with Crippen LogP contribution in [0, 0.1) is 5.92 Å². The van der Waals surface area contributed by atoms with Crippen molar-refractivity contribution in [3.05, 3.63) is 35.4 Å². The van der Waals surface area contributed by atoms with E-state index in [4.69, 9.17) is 0 Å². The molecule has 0 aliphatic carbocycles. The first-order valence-corrected chi connectivity index (χ1v) is 7.43. The van der Waals surface area contributed by atoms with Gasteiger partial charge in [-0.1, -0.05) is 65.3 Å². The monoisotopic (exact) mass is 247 g/mol. The molecule has 0 saturated carbocycles. The Morgan fingerprint density at radius 1 is 0.944 bits per heavy atom. The van der Waals surface area contributed by atoms with E-state index in [-0.39, 0.29) is 0 Å². The van der Waals surface area contributed by atoms with Gasteiger partial charge >= 0.3 is 0 Å². The number of hydrogen-bond donors (Lipinski definition) is 1. The van der Waals surface area contributed by atoms with E-state index in [1.165, 1.54) is 24.0 Å². The molecule has 0 aliphatic rings. The molecule has 0 heterocycles. The molecular weight excluding hydrogens is 218 g/mol. The van der Waals surface area contributed by atoms with Crippen molar-refractivity contribution in [2.75, 3.05) is 6.54 Å². The summed E-state index contributed by atoms with van der Waals surface area (Å²) in [6.07, 6.45) is 2.54. The number of hydrogen-bond acceptors (Lipinski definition) is 1. The Morgan fingerprint density at radius 3 is 1.94 bits per heavy atom. The zero-order chi connectivity index (χ0) is 13.5. The highest BCUT2D eigenvalue weighted by Gasteiger charge is 2.17. The fraction of sp³-hybridized carbons (Fsp3) is 0.647. The van der Waals surface area contributed by atoms with E-state index >= 15 is 0 Å². The summed E-state index contributed by atoms with van der Waals surface area (Å²) >= 11 is 0. The van der Waals surface area contributed by atoms with Crippen LogP contribution >= 0.6 is 0 Å². The normalized spacial score (nSPS) is 14.8. The molecule has 1 nitrogen and oxygen atoms in total. The van der Waals surface area contributed by atoms with Gasteiger partial charge in [-0.2, -0.15) is 0 Å². The summed E-state index contributed by atoms with van der Waals surface area (Å²) in [5, 5.41) is 3.63. The molecule has 18 heavy (non-hydrogen) atoms. The van der Waals surface area contributed by atoms with Gasteiger partial charge in [0, 0.05) is 6.04 Å². The SMILES string of the molecule is CCCC(C)C(NCC)c1ccc(C(C)C)cc1. The van der Waals surface area contributed by atoms with Crippen LogP contribution in [0.1, 0.15) is 70.5 Å². The van der Waals surface area contributed by atoms with Gasteiger partial charge in [0.15, 0.2) is 0 Å². The third-order valence-electron chi connectivity index (χ3n) is 3.70. The molecule has 1 rings (SSSR count). The second kappa shape index (κ2) is 7.58. The van der Waals surface area contributed by atoms with Crippen LogP contribution in [-0.2, 0) is 0 Å². The molecule has 1 aromatic carbocycles. The lowest BCUT2D eigenvalue weighted by molar-refractivity contribution is 0.369. The second-order valence-corrected chi connectivity index (χ2v) is 5.62. The molecule has 0 saturated heterocycles. The summed E-state index contributed by atoms with van der Waals surface area (Å²) in [5.41, 5.74) is 2.86. The number of nitrogens with one attached hydrogen (secondary N) is 1. The predicted octanol–water partition coefficient (Wildman–Crippen LogP) is 4.90. The Morgan fingerprint density at radius 2 is 1.50 bits per heavy atom. The summed E-state index contributed by atoms with van der Waals surface area (Å²) in [5.74, 6) is 1.31. The lowest BCUT2D eigenvalue weighted by Gasteiger charge is -2.25. The fourth-order valence-electron chi connectivity index (χ4n) is 2.58.